The summed E-state index contributed by atoms with van der Waals surface area (Å²) in [5.41, 5.74) is 0.901. The van der Waals surface area contributed by atoms with Crippen LogP contribution in [0.4, 0.5) is 0 Å². The van der Waals surface area contributed by atoms with Crippen LogP contribution in [-0.4, -0.2) is 16.7 Å². The van der Waals surface area contributed by atoms with Crippen LogP contribution in [0.15, 0.2) is 54.6 Å². The Kier molecular flexibility index (Phi) is 2.53. The molecule has 0 saturated carbocycles. The van der Waals surface area contributed by atoms with E-state index >= 15 is 0 Å². The van der Waals surface area contributed by atoms with Crippen molar-refractivity contribution in [3.05, 3.63) is 60.2 Å². The highest BCUT2D eigenvalue weighted by Crippen LogP contribution is 2.33. The first-order valence-corrected chi connectivity index (χ1v) is 5.86. The quantitative estimate of drug-likeness (QED) is 0.791. The van der Waals surface area contributed by atoms with E-state index in [9.17, 15) is 14.7 Å². The van der Waals surface area contributed by atoms with Crippen molar-refractivity contribution < 1.29 is 14.7 Å². The Morgan fingerprint density at radius 2 is 1.63 bits per heavy atom. The van der Waals surface area contributed by atoms with Gasteiger partial charge in [0.25, 0.3) is 0 Å². The van der Waals surface area contributed by atoms with Crippen LogP contribution in [0.5, 0.6) is 5.75 Å². The molecule has 1 aliphatic carbocycles. The molecule has 0 aliphatic heterocycles. The monoisotopic (exact) mass is 250 g/mol. The number of fused-ring (bicyclic) bond motifs is 1. The second kappa shape index (κ2) is 4.21. The first kappa shape index (κ1) is 11.4. The molecular formula is C16H10O3. The maximum atomic E-state index is 11.9. The van der Waals surface area contributed by atoms with Crippen LogP contribution < -0.4 is 0 Å². The molecule has 2 aromatic rings. The van der Waals surface area contributed by atoms with Gasteiger partial charge in [-0.25, -0.2) is 0 Å². The minimum Gasteiger partial charge on any atom is -0.507 e. The van der Waals surface area contributed by atoms with Crippen LogP contribution in [0.25, 0.3) is 16.3 Å². The summed E-state index contributed by atoms with van der Waals surface area (Å²) in [6, 6.07) is 10.5. The van der Waals surface area contributed by atoms with E-state index in [-0.39, 0.29) is 17.3 Å². The van der Waals surface area contributed by atoms with Crippen LogP contribution >= 0.6 is 0 Å². The van der Waals surface area contributed by atoms with Gasteiger partial charge >= 0.3 is 0 Å². The molecule has 0 unspecified atom stereocenters. The number of phenolic OH excluding ortho intramolecular Hbond substituents is 1. The number of benzene rings is 2. The Labute approximate surface area is 109 Å². The van der Waals surface area contributed by atoms with Crippen molar-refractivity contribution in [2.75, 3.05) is 0 Å². The van der Waals surface area contributed by atoms with Gasteiger partial charge in [0.1, 0.15) is 5.75 Å². The molecule has 0 radical (unpaired) electrons. The van der Waals surface area contributed by atoms with Gasteiger partial charge in [0.05, 0.1) is 0 Å². The van der Waals surface area contributed by atoms with E-state index in [2.05, 4.69) is 0 Å². The average Bonchev–Trinajstić information content (AvgIpc) is 2.41. The number of hydrogen-bond acceptors (Lipinski definition) is 3. The van der Waals surface area contributed by atoms with Crippen molar-refractivity contribution in [1.82, 2.24) is 0 Å². The van der Waals surface area contributed by atoms with Crippen LogP contribution in [0, 0.1) is 0 Å². The van der Waals surface area contributed by atoms with Gasteiger partial charge in [-0.2, -0.15) is 0 Å². The second-order valence-electron chi connectivity index (χ2n) is 4.34. The maximum Gasteiger partial charge on any atom is 0.186 e. The minimum absolute atomic E-state index is 0.101. The lowest BCUT2D eigenvalue weighted by molar-refractivity contribution is -0.113. The van der Waals surface area contributed by atoms with Crippen molar-refractivity contribution in [3.63, 3.8) is 0 Å². The lowest BCUT2D eigenvalue weighted by Crippen LogP contribution is -2.07. The zero-order chi connectivity index (χ0) is 13.4. The Bertz CT molecular complexity index is 761. The number of aromatic hydroxyl groups is 1. The van der Waals surface area contributed by atoms with E-state index in [1.54, 1.807) is 24.3 Å². The van der Waals surface area contributed by atoms with E-state index in [1.807, 2.05) is 12.1 Å². The molecule has 0 heterocycles. The van der Waals surface area contributed by atoms with Crippen molar-refractivity contribution in [2.45, 2.75) is 0 Å². The van der Waals surface area contributed by atoms with Crippen LogP contribution in [0.1, 0.15) is 5.56 Å². The number of carbonyl (C=O) groups is 2. The van der Waals surface area contributed by atoms with E-state index in [1.165, 1.54) is 18.2 Å². The summed E-state index contributed by atoms with van der Waals surface area (Å²) in [7, 11) is 0. The van der Waals surface area contributed by atoms with Gasteiger partial charge in [-0.3, -0.25) is 9.59 Å². The summed E-state index contributed by atoms with van der Waals surface area (Å²) in [5.74, 6) is -0.346. The van der Waals surface area contributed by atoms with Crippen LogP contribution in [-0.2, 0) is 9.59 Å². The summed E-state index contributed by atoms with van der Waals surface area (Å²) in [4.78, 5) is 23.3. The fraction of sp³-hybridized carbons (Fsp3) is 0. The van der Waals surface area contributed by atoms with E-state index < -0.39 is 0 Å². The zero-order valence-corrected chi connectivity index (χ0v) is 9.96. The smallest absolute Gasteiger partial charge is 0.186 e. The molecule has 0 bridgehead atoms. The van der Waals surface area contributed by atoms with Crippen molar-refractivity contribution in [3.8, 4) is 5.75 Å². The summed E-state index contributed by atoms with van der Waals surface area (Å²) in [5, 5.41) is 11.4. The molecule has 0 saturated heterocycles. The molecule has 1 aliphatic rings. The maximum absolute atomic E-state index is 11.9. The number of ketones is 2. The average molecular weight is 250 g/mol. The molecule has 0 fully saturated rings. The Morgan fingerprint density at radius 1 is 0.895 bits per heavy atom. The van der Waals surface area contributed by atoms with Crippen LogP contribution in [0.2, 0.25) is 0 Å². The predicted molar refractivity (Wildman–Crippen MR) is 72.7 cm³/mol. The Morgan fingerprint density at radius 3 is 2.42 bits per heavy atom. The van der Waals surface area contributed by atoms with Crippen molar-refractivity contribution in [2.24, 2.45) is 0 Å². The molecule has 3 rings (SSSR count). The number of hydrogen-bond donors (Lipinski definition) is 1. The predicted octanol–water partition coefficient (Wildman–Crippen LogP) is 2.64. The normalized spacial score (nSPS) is 14.8. The van der Waals surface area contributed by atoms with Crippen LogP contribution in [0.3, 0.4) is 0 Å². The molecule has 3 heteroatoms. The highest BCUT2D eigenvalue weighted by Gasteiger charge is 2.18. The lowest BCUT2D eigenvalue weighted by atomic mass is 9.92. The van der Waals surface area contributed by atoms with E-state index in [0.29, 0.717) is 16.5 Å². The Hall–Kier alpha value is -2.68. The number of rotatable bonds is 1. The largest absolute Gasteiger partial charge is 0.507 e. The molecule has 19 heavy (non-hydrogen) atoms. The molecule has 1 N–H and O–H groups in total. The summed E-state index contributed by atoms with van der Waals surface area (Å²) < 4.78 is 0. The molecule has 3 nitrogen and oxygen atoms in total. The standard InChI is InChI=1S/C16H10O3/c17-11-7-8-14(18)13(9-11)12-5-1-3-10-4-2-6-15(19)16(10)12/h1-9,19H. The SMILES string of the molecule is O=C1C=CC(=O)C(c2cccc3cccc(O)c23)=C1. The fourth-order valence-electron chi connectivity index (χ4n) is 2.27. The molecule has 0 aromatic heterocycles. The Balaban J connectivity index is 2.32. The van der Waals surface area contributed by atoms with Crippen molar-refractivity contribution in [1.29, 1.82) is 0 Å². The third kappa shape index (κ3) is 1.85. The molecule has 2 aromatic carbocycles. The minimum atomic E-state index is -0.227. The van der Waals surface area contributed by atoms with Gasteiger partial charge in [-0.15, -0.1) is 0 Å². The number of phenols is 1. The number of carbonyl (C=O) groups excluding carboxylic acids is 2. The molecule has 92 valence electrons. The zero-order valence-electron chi connectivity index (χ0n) is 9.96. The van der Waals surface area contributed by atoms with Gasteiger partial charge in [-0.05, 0) is 35.2 Å². The van der Waals surface area contributed by atoms with Gasteiger partial charge < -0.3 is 5.11 Å². The topological polar surface area (TPSA) is 54.4 Å². The first-order chi connectivity index (χ1) is 9.16. The molecule has 0 amide bonds. The molecular weight excluding hydrogens is 240 g/mol. The summed E-state index contributed by atoms with van der Waals surface area (Å²) in [6.07, 6.45) is 3.82. The summed E-state index contributed by atoms with van der Waals surface area (Å²) >= 11 is 0. The second-order valence-corrected chi connectivity index (χ2v) is 4.34. The van der Waals surface area contributed by atoms with E-state index in [4.69, 9.17) is 0 Å². The molecule has 0 atom stereocenters. The van der Waals surface area contributed by atoms with Gasteiger partial charge in [-0.1, -0.05) is 30.3 Å². The highest BCUT2D eigenvalue weighted by atomic mass is 16.3. The van der Waals surface area contributed by atoms with E-state index in [0.717, 1.165) is 5.39 Å². The van der Waals surface area contributed by atoms with Crippen molar-refractivity contribution >= 4 is 27.9 Å². The molecule has 0 spiro atoms. The fourth-order valence-corrected chi connectivity index (χ4v) is 2.27. The van der Waals surface area contributed by atoms with Gasteiger partial charge in [0, 0.05) is 11.0 Å². The summed E-state index contributed by atoms with van der Waals surface area (Å²) in [6.45, 7) is 0. The highest BCUT2D eigenvalue weighted by molar-refractivity contribution is 6.35. The van der Waals surface area contributed by atoms with Gasteiger partial charge in [0.15, 0.2) is 11.6 Å². The number of allylic oxidation sites excluding steroid dienone is 4. The van der Waals surface area contributed by atoms with Gasteiger partial charge in [0.2, 0.25) is 0 Å². The third-order valence-corrected chi connectivity index (χ3v) is 3.12. The lowest BCUT2D eigenvalue weighted by Gasteiger charge is -2.11. The third-order valence-electron chi connectivity index (χ3n) is 3.12. The first-order valence-electron chi connectivity index (χ1n) is 5.86.